The molecule has 1 aliphatic rings. The van der Waals surface area contributed by atoms with Crippen LogP contribution in [0.1, 0.15) is 63.5 Å². The van der Waals surface area contributed by atoms with Gasteiger partial charge in [-0.05, 0) is 55.4 Å². The zero-order chi connectivity index (χ0) is 17.0. The Morgan fingerprint density at radius 1 is 1.17 bits per heavy atom. The lowest BCUT2D eigenvalue weighted by atomic mass is 9.98. The Bertz CT molecular complexity index is 632. The van der Waals surface area contributed by atoms with E-state index in [1.54, 1.807) is 4.31 Å². The fourth-order valence-corrected chi connectivity index (χ4v) is 4.74. The smallest absolute Gasteiger partial charge is 0.246 e. The van der Waals surface area contributed by atoms with Crippen LogP contribution >= 0.6 is 0 Å². The normalized spacial score (nSPS) is 16.7. The van der Waals surface area contributed by atoms with Crippen LogP contribution < -0.4 is 4.74 Å². The zero-order valence-electron chi connectivity index (χ0n) is 14.8. The van der Waals surface area contributed by atoms with E-state index in [2.05, 4.69) is 13.8 Å². The molecule has 0 amide bonds. The molecule has 0 aliphatic carbocycles. The maximum Gasteiger partial charge on any atom is 0.246 e. The first-order valence-electron chi connectivity index (χ1n) is 8.65. The minimum Gasteiger partial charge on any atom is -0.492 e. The number of rotatable bonds is 6. The molecule has 0 spiro atoms. The van der Waals surface area contributed by atoms with Crippen molar-refractivity contribution < 1.29 is 13.2 Å². The summed E-state index contributed by atoms with van der Waals surface area (Å²) >= 11 is 0. The molecule has 2 rings (SSSR count). The van der Waals surface area contributed by atoms with Gasteiger partial charge in [0.2, 0.25) is 10.0 Å². The Kier molecular flexibility index (Phi) is 6.09. The molecular weight excluding hydrogens is 310 g/mol. The van der Waals surface area contributed by atoms with Crippen LogP contribution in [0.15, 0.2) is 17.0 Å². The van der Waals surface area contributed by atoms with Crippen molar-refractivity contribution in [3.8, 4) is 5.75 Å². The van der Waals surface area contributed by atoms with Crippen LogP contribution in [0.5, 0.6) is 5.75 Å². The largest absolute Gasteiger partial charge is 0.492 e. The lowest BCUT2D eigenvalue weighted by Crippen LogP contribution is -2.36. The van der Waals surface area contributed by atoms with E-state index in [0.29, 0.717) is 30.3 Å². The molecule has 1 aliphatic heterocycles. The highest BCUT2D eigenvalue weighted by molar-refractivity contribution is 7.89. The third kappa shape index (κ3) is 4.07. The Hall–Kier alpha value is -1.07. The van der Waals surface area contributed by atoms with Crippen LogP contribution in [0.3, 0.4) is 0 Å². The van der Waals surface area contributed by atoms with E-state index in [4.69, 9.17) is 4.74 Å². The summed E-state index contributed by atoms with van der Waals surface area (Å²) in [6.45, 7) is 9.97. The van der Waals surface area contributed by atoms with Gasteiger partial charge in [0.05, 0.1) is 6.61 Å². The van der Waals surface area contributed by atoms with E-state index in [9.17, 15) is 8.42 Å². The highest BCUT2D eigenvalue weighted by Gasteiger charge is 2.30. The van der Waals surface area contributed by atoms with Gasteiger partial charge in [-0.25, -0.2) is 8.42 Å². The van der Waals surface area contributed by atoms with E-state index in [0.717, 1.165) is 36.8 Å². The summed E-state index contributed by atoms with van der Waals surface area (Å²) in [5.41, 5.74) is 2.16. The molecule has 1 saturated heterocycles. The summed E-state index contributed by atoms with van der Waals surface area (Å²) in [6, 6.07) is 3.72. The second-order valence-corrected chi connectivity index (χ2v) is 8.53. The Morgan fingerprint density at radius 2 is 1.83 bits per heavy atom. The molecule has 0 radical (unpaired) electrons. The number of benzene rings is 1. The van der Waals surface area contributed by atoms with Gasteiger partial charge in [-0.3, -0.25) is 0 Å². The van der Waals surface area contributed by atoms with Gasteiger partial charge >= 0.3 is 0 Å². The lowest BCUT2D eigenvalue weighted by molar-refractivity contribution is 0.304. The molecule has 1 heterocycles. The van der Waals surface area contributed by atoms with Gasteiger partial charge in [-0.1, -0.05) is 27.2 Å². The molecule has 1 aromatic carbocycles. The summed E-state index contributed by atoms with van der Waals surface area (Å²) in [6.07, 6.45) is 3.84. The molecule has 1 fully saturated rings. The van der Waals surface area contributed by atoms with Crippen LogP contribution in [-0.4, -0.2) is 32.4 Å². The fourth-order valence-electron chi connectivity index (χ4n) is 3.07. The van der Waals surface area contributed by atoms with Crippen LogP contribution in [-0.2, 0) is 10.0 Å². The van der Waals surface area contributed by atoms with Crippen molar-refractivity contribution in [2.24, 2.45) is 0 Å². The molecule has 1 aromatic rings. The van der Waals surface area contributed by atoms with Crippen molar-refractivity contribution in [1.29, 1.82) is 0 Å². The zero-order valence-corrected chi connectivity index (χ0v) is 15.6. The quantitative estimate of drug-likeness (QED) is 0.784. The molecule has 0 unspecified atom stereocenters. The number of ether oxygens (including phenoxy) is 1. The van der Waals surface area contributed by atoms with Crippen LogP contribution in [0.4, 0.5) is 0 Å². The highest BCUT2D eigenvalue weighted by atomic mass is 32.2. The maximum absolute atomic E-state index is 13.1. The number of hydrogen-bond donors (Lipinski definition) is 0. The number of hydrogen-bond acceptors (Lipinski definition) is 3. The topological polar surface area (TPSA) is 46.6 Å². The van der Waals surface area contributed by atoms with Crippen molar-refractivity contribution in [3.05, 3.63) is 23.3 Å². The molecule has 0 N–H and O–H groups in total. The van der Waals surface area contributed by atoms with Crippen LogP contribution in [0, 0.1) is 6.92 Å². The van der Waals surface area contributed by atoms with Gasteiger partial charge in [0, 0.05) is 13.1 Å². The average molecular weight is 340 g/mol. The van der Waals surface area contributed by atoms with Gasteiger partial charge in [0.1, 0.15) is 10.6 Å². The number of sulfonamides is 1. The predicted molar refractivity (Wildman–Crippen MR) is 93.7 cm³/mol. The Balaban J connectivity index is 2.50. The predicted octanol–water partition coefficient (Wildman–Crippen LogP) is 4.08. The molecule has 23 heavy (non-hydrogen) atoms. The second-order valence-electron chi connectivity index (χ2n) is 6.62. The molecule has 0 saturated carbocycles. The third-order valence-electron chi connectivity index (χ3n) is 4.35. The van der Waals surface area contributed by atoms with E-state index in [1.165, 1.54) is 0 Å². The van der Waals surface area contributed by atoms with E-state index >= 15 is 0 Å². The van der Waals surface area contributed by atoms with Gasteiger partial charge in [-0.2, -0.15) is 4.31 Å². The molecule has 130 valence electrons. The second kappa shape index (κ2) is 7.67. The van der Waals surface area contributed by atoms with Crippen molar-refractivity contribution >= 4 is 10.0 Å². The number of piperidine rings is 1. The molecule has 0 bridgehead atoms. The standard InChI is InChI=1S/C18H29NO3S/c1-5-11-22-17-12-15(4)16(14(2)3)13-18(17)23(20,21)19-9-7-6-8-10-19/h12-14H,5-11H2,1-4H3. The number of aryl methyl sites for hydroxylation is 1. The first kappa shape index (κ1) is 18.3. The highest BCUT2D eigenvalue weighted by Crippen LogP contribution is 2.34. The summed E-state index contributed by atoms with van der Waals surface area (Å²) in [5, 5.41) is 0. The maximum atomic E-state index is 13.1. The molecular formula is C18H29NO3S. The minimum atomic E-state index is -3.49. The Morgan fingerprint density at radius 3 is 2.39 bits per heavy atom. The average Bonchev–Trinajstić information content (AvgIpc) is 2.53. The summed E-state index contributed by atoms with van der Waals surface area (Å²) in [7, 11) is -3.49. The molecule has 0 atom stereocenters. The van der Waals surface area contributed by atoms with Gasteiger partial charge in [0.15, 0.2) is 0 Å². The summed E-state index contributed by atoms with van der Waals surface area (Å²) in [4.78, 5) is 0.335. The SMILES string of the molecule is CCCOc1cc(C)c(C(C)C)cc1S(=O)(=O)N1CCCCC1. The van der Waals surface area contributed by atoms with E-state index in [1.807, 2.05) is 26.0 Å². The van der Waals surface area contributed by atoms with E-state index < -0.39 is 10.0 Å². The minimum absolute atomic E-state index is 0.283. The van der Waals surface area contributed by atoms with Crippen molar-refractivity contribution in [3.63, 3.8) is 0 Å². The van der Waals surface area contributed by atoms with E-state index in [-0.39, 0.29) is 5.92 Å². The van der Waals surface area contributed by atoms with Crippen molar-refractivity contribution in [2.75, 3.05) is 19.7 Å². The first-order valence-corrected chi connectivity index (χ1v) is 10.1. The number of nitrogens with zero attached hydrogens (tertiary/aromatic N) is 1. The summed E-state index contributed by atoms with van der Waals surface area (Å²) in [5.74, 6) is 0.782. The molecule has 5 heteroatoms. The van der Waals surface area contributed by atoms with Gasteiger partial charge in [-0.15, -0.1) is 0 Å². The third-order valence-corrected chi connectivity index (χ3v) is 6.27. The van der Waals surface area contributed by atoms with Gasteiger partial charge < -0.3 is 4.74 Å². The lowest BCUT2D eigenvalue weighted by Gasteiger charge is -2.27. The van der Waals surface area contributed by atoms with Crippen molar-refractivity contribution in [2.45, 2.75) is 64.2 Å². The van der Waals surface area contributed by atoms with Crippen LogP contribution in [0.2, 0.25) is 0 Å². The summed E-state index contributed by atoms with van der Waals surface area (Å²) < 4.78 is 33.6. The molecule has 4 nitrogen and oxygen atoms in total. The van der Waals surface area contributed by atoms with Gasteiger partial charge in [0.25, 0.3) is 0 Å². The first-order chi connectivity index (χ1) is 10.9. The Labute approximate surface area is 140 Å². The van der Waals surface area contributed by atoms with Crippen molar-refractivity contribution in [1.82, 2.24) is 4.31 Å². The fraction of sp³-hybridized carbons (Fsp3) is 0.667. The van der Waals surface area contributed by atoms with Crippen LogP contribution in [0.25, 0.3) is 0 Å². The molecule has 0 aromatic heterocycles. The monoisotopic (exact) mass is 339 g/mol.